The molecule has 0 bridgehead atoms. The molecule has 0 spiro atoms. The van der Waals surface area contributed by atoms with Crippen LogP contribution in [0.4, 0.5) is 5.69 Å². The van der Waals surface area contributed by atoms with E-state index in [1.807, 2.05) is 0 Å². The average Bonchev–Trinajstić information content (AvgIpc) is 2.76. The number of nitrogens with zero attached hydrogens (tertiary/aromatic N) is 1. The molecule has 3 aromatic carbocycles. The molecule has 3 rings (SSSR count). The number of amides is 2. The molecule has 0 atom stereocenters. The molecule has 3 aromatic rings. The van der Waals surface area contributed by atoms with E-state index in [-0.39, 0.29) is 17.2 Å². The minimum Gasteiger partial charge on any atom is -0.507 e. The number of aromatic hydroxyl groups is 1. The normalized spacial score (nSPS) is 10.6. The summed E-state index contributed by atoms with van der Waals surface area (Å²) in [5.74, 6) is -0.289. The van der Waals surface area contributed by atoms with E-state index >= 15 is 0 Å². The summed E-state index contributed by atoms with van der Waals surface area (Å²) < 4.78 is 5.08. The molecule has 0 radical (unpaired) electrons. The van der Waals surface area contributed by atoms with Gasteiger partial charge in [0.05, 0.1) is 24.6 Å². The first-order valence-corrected chi connectivity index (χ1v) is 9.22. The number of ether oxygens (including phenoxy) is 1. The van der Waals surface area contributed by atoms with Gasteiger partial charge in [-0.3, -0.25) is 9.59 Å². The highest BCUT2D eigenvalue weighted by Gasteiger charge is 2.14. The number of methoxy groups -OCH3 is 1. The Morgan fingerprint density at radius 3 is 2.50 bits per heavy atom. The molecule has 0 heterocycles. The lowest BCUT2D eigenvalue weighted by Crippen LogP contribution is -2.21. The lowest BCUT2D eigenvalue weighted by molar-refractivity contribution is 0.0956. The molecule has 2 amide bonds. The zero-order valence-electron chi connectivity index (χ0n) is 15.9. The second-order valence-electron chi connectivity index (χ2n) is 6.13. The Kier molecular flexibility index (Phi) is 6.67. The molecule has 8 heteroatoms. The number of phenolic OH excluding ortho intramolecular Hbond substituents is 1. The molecule has 0 aromatic heterocycles. The number of halogens is 1. The summed E-state index contributed by atoms with van der Waals surface area (Å²) >= 11 is 5.88. The Bertz CT molecular complexity index is 1100. The maximum Gasteiger partial charge on any atom is 0.273 e. The Labute approximate surface area is 178 Å². The van der Waals surface area contributed by atoms with E-state index in [1.54, 1.807) is 55.6 Å². The third-order valence-corrected chi connectivity index (χ3v) is 4.37. The molecule has 0 saturated carbocycles. The maximum absolute atomic E-state index is 12.5. The first-order valence-electron chi connectivity index (χ1n) is 8.84. The summed E-state index contributed by atoms with van der Waals surface area (Å²) in [6.45, 7) is 0. The van der Waals surface area contributed by atoms with Gasteiger partial charge in [-0.25, -0.2) is 5.43 Å². The largest absolute Gasteiger partial charge is 0.507 e. The van der Waals surface area contributed by atoms with E-state index in [1.165, 1.54) is 24.4 Å². The highest BCUT2D eigenvalue weighted by atomic mass is 35.5. The van der Waals surface area contributed by atoms with Crippen LogP contribution in [0.25, 0.3) is 0 Å². The molecule has 30 heavy (non-hydrogen) atoms. The van der Waals surface area contributed by atoms with Gasteiger partial charge in [-0.2, -0.15) is 5.10 Å². The van der Waals surface area contributed by atoms with Crippen molar-refractivity contribution < 1.29 is 19.4 Å². The topological polar surface area (TPSA) is 100 Å². The summed E-state index contributed by atoms with van der Waals surface area (Å²) in [6.07, 6.45) is 1.28. The Balaban J connectivity index is 1.72. The summed E-state index contributed by atoms with van der Waals surface area (Å²) in [6, 6.07) is 17.6. The first-order chi connectivity index (χ1) is 14.5. The average molecular weight is 424 g/mol. The number of phenols is 1. The number of para-hydroxylation sites is 1. The van der Waals surface area contributed by atoms with Crippen molar-refractivity contribution in [3.63, 3.8) is 0 Å². The van der Waals surface area contributed by atoms with Crippen LogP contribution in [0.15, 0.2) is 71.8 Å². The number of hydrogen-bond donors (Lipinski definition) is 3. The second kappa shape index (κ2) is 9.58. The van der Waals surface area contributed by atoms with Gasteiger partial charge in [0.15, 0.2) is 0 Å². The van der Waals surface area contributed by atoms with Crippen molar-refractivity contribution >= 4 is 35.3 Å². The maximum atomic E-state index is 12.5. The fourth-order valence-electron chi connectivity index (χ4n) is 2.58. The highest BCUT2D eigenvalue weighted by molar-refractivity contribution is 6.30. The quantitative estimate of drug-likeness (QED) is 0.411. The molecule has 152 valence electrons. The highest BCUT2D eigenvalue weighted by Crippen LogP contribution is 2.20. The molecular formula is C22H18ClN3O4. The van der Waals surface area contributed by atoms with Gasteiger partial charge in [-0.15, -0.1) is 0 Å². The van der Waals surface area contributed by atoms with Crippen LogP contribution >= 0.6 is 11.6 Å². The number of hydrazone groups is 1. The third kappa shape index (κ3) is 5.15. The zero-order chi connectivity index (χ0) is 21.5. The fraction of sp³-hybridized carbons (Fsp3) is 0.0455. The van der Waals surface area contributed by atoms with Gasteiger partial charge in [0.2, 0.25) is 0 Å². The predicted molar refractivity (Wildman–Crippen MR) is 116 cm³/mol. The van der Waals surface area contributed by atoms with Gasteiger partial charge in [0.1, 0.15) is 11.5 Å². The number of nitrogens with one attached hydrogen (secondary N) is 2. The standard InChI is InChI=1S/C22H18ClN3O4/c1-30-17-9-6-14(7-10-17)21(28)25-19-5-3-2-4-18(19)22(29)26-24-13-15-12-16(23)8-11-20(15)27/h2-13,27H,1H3,(H,25,28)(H,26,29)/b24-13+. The van der Waals surface area contributed by atoms with Crippen LogP contribution in [0.5, 0.6) is 11.5 Å². The number of carbonyl (C=O) groups is 2. The predicted octanol–water partition coefficient (Wildman–Crippen LogP) is 4.07. The first kappa shape index (κ1) is 20.9. The van der Waals surface area contributed by atoms with E-state index in [2.05, 4.69) is 15.8 Å². The van der Waals surface area contributed by atoms with Gasteiger partial charge in [-0.1, -0.05) is 23.7 Å². The number of hydrogen-bond acceptors (Lipinski definition) is 5. The fourth-order valence-corrected chi connectivity index (χ4v) is 2.76. The second-order valence-corrected chi connectivity index (χ2v) is 6.57. The number of anilines is 1. The summed E-state index contributed by atoms with van der Waals surface area (Å²) in [5, 5.41) is 16.8. The summed E-state index contributed by atoms with van der Waals surface area (Å²) in [5.41, 5.74) is 3.70. The zero-order valence-corrected chi connectivity index (χ0v) is 16.7. The summed E-state index contributed by atoms with van der Waals surface area (Å²) in [4.78, 5) is 25.0. The minimum absolute atomic E-state index is 0.0236. The third-order valence-electron chi connectivity index (χ3n) is 4.13. The SMILES string of the molecule is COc1ccc(C(=O)Nc2ccccc2C(=O)N/N=C/c2cc(Cl)ccc2O)cc1. The molecule has 0 fully saturated rings. The number of carbonyl (C=O) groups excluding carboxylic acids is 2. The van der Waals surface area contributed by atoms with Gasteiger partial charge in [0.25, 0.3) is 11.8 Å². The van der Waals surface area contributed by atoms with Crippen LogP contribution in [0.3, 0.4) is 0 Å². The van der Waals surface area contributed by atoms with Crippen molar-refractivity contribution in [2.45, 2.75) is 0 Å². The molecule has 0 aliphatic carbocycles. The van der Waals surface area contributed by atoms with Gasteiger partial charge in [-0.05, 0) is 54.6 Å². The molecular weight excluding hydrogens is 406 g/mol. The Hall–Kier alpha value is -3.84. The van der Waals surface area contributed by atoms with Crippen molar-refractivity contribution in [3.05, 3.63) is 88.4 Å². The molecule has 0 aliphatic heterocycles. The van der Waals surface area contributed by atoms with Crippen LogP contribution in [0, 0.1) is 0 Å². The smallest absolute Gasteiger partial charge is 0.273 e. The molecule has 0 aliphatic rings. The van der Waals surface area contributed by atoms with Crippen molar-refractivity contribution in [3.8, 4) is 11.5 Å². The van der Waals surface area contributed by atoms with Crippen LogP contribution < -0.4 is 15.5 Å². The molecule has 0 unspecified atom stereocenters. The van der Waals surface area contributed by atoms with Crippen molar-refractivity contribution in [1.82, 2.24) is 5.43 Å². The Morgan fingerprint density at radius 2 is 1.77 bits per heavy atom. The van der Waals surface area contributed by atoms with Gasteiger partial charge in [0, 0.05) is 16.1 Å². The van der Waals surface area contributed by atoms with E-state index in [0.717, 1.165) is 0 Å². The minimum atomic E-state index is -0.529. The van der Waals surface area contributed by atoms with E-state index < -0.39 is 5.91 Å². The van der Waals surface area contributed by atoms with Crippen LogP contribution in [-0.2, 0) is 0 Å². The molecule has 3 N–H and O–H groups in total. The lowest BCUT2D eigenvalue weighted by Gasteiger charge is -2.10. The van der Waals surface area contributed by atoms with Crippen molar-refractivity contribution in [1.29, 1.82) is 0 Å². The molecule has 7 nitrogen and oxygen atoms in total. The van der Waals surface area contributed by atoms with Gasteiger partial charge >= 0.3 is 0 Å². The molecule has 0 saturated heterocycles. The van der Waals surface area contributed by atoms with Gasteiger partial charge < -0.3 is 15.2 Å². The van der Waals surface area contributed by atoms with E-state index in [9.17, 15) is 14.7 Å². The summed E-state index contributed by atoms with van der Waals surface area (Å²) in [7, 11) is 1.54. The number of benzene rings is 3. The lowest BCUT2D eigenvalue weighted by atomic mass is 10.1. The van der Waals surface area contributed by atoms with Crippen molar-refractivity contribution in [2.75, 3.05) is 12.4 Å². The van der Waals surface area contributed by atoms with E-state index in [0.29, 0.717) is 27.6 Å². The van der Waals surface area contributed by atoms with Crippen LogP contribution in [0.2, 0.25) is 5.02 Å². The Morgan fingerprint density at radius 1 is 1.03 bits per heavy atom. The van der Waals surface area contributed by atoms with Crippen molar-refractivity contribution in [2.24, 2.45) is 5.10 Å². The van der Waals surface area contributed by atoms with Crippen LogP contribution in [-0.4, -0.2) is 30.2 Å². The number of rotatable bonds is 6. The van der Waals surface area contributed by atoms with Crippen LogP contribution in [0.1, 0.15) is 26.3 Å². The monoisotopic (exact) mass is 423 g/mol. The van der Waals surface area contributed by atoms with E-state index in [4.69, 9.17) is 16.3 Å².